The first kappa shape index (κ1) is 14.1. The zero-order valence-electron chi connectivity index (χ0n) is 10.4. The van der Waals surface area contributed by atoms with Gasteiger partial charge in [-0.1, -0.05) is 24.3 Å². The molecule has 0 atom stereocenters. The van der Waals surface area contributed by atoms with Crippen LogP contribution in [0.25, 0.3) is 0 Å². The van der Waals surface area contributed by atoms with Crippen LogP contribution >= 0.6 is 11.8 Å². The summed E-state index contributed by atoms with van der Waals surface area (Å²) in [6, 6.07) is 8.37. The highest BCUT2D eigenvalue weighted by Gasteiger charge is 1.99. The molecule has 0 saturated carbocycles. The van der Waals surface area contributed by atoms with Crippen molar-refractivity contribution < 1.29 is 9.53 Å². The van der Waals surface area contributed by atoms with E-state index in [1.807, 2.05) is 11.8 Å². The van der Waals surface area contributed by atoms with Crippen LogP contribution in [0.3, 0.4) is 0 Å². The summed E-state index contributed by atoms with van der Waals surface area (Å²) in [7, 11) is 1.52. The lowest BCUT2D eigenvalue weighted by molar-refractivity contribution is -0.124. The van der Waals surface area contributed by atoms with Crippen molar-refractivity contribution in [2.45, 2.75) is 12.7 Å². The fourth-order valence-electron chi connectivity index (χ4n) is 1.40. The standard InChI is InChI=1S/C13H19NO2S/c1-11-5-3-4-6-12(11)10-17-8-7-14-13(15)9-16-2/h3-6H,7-10H2,1-2H3,(H,14,15). The van der Waals surface area contributed by atoms with Crippen LogP contribution < -0.4 is 5.32 Å². The largest absolute Gasteiger partial charge is 0.375 e. The average molecular weight is 253 g/mol. The molecule has 0 saturated heterocycles. The van der Waals surface area contributed by atoms with Crippen molar-refractivity contribution in [3.63, 3.8) is 0 Å². The molecule has 17 heavy (non-hydrogen) atoms. The maximum absolute atomic E-state index is 11.1. The Kier molecular flexibility index (Phi) is 6.74. The second kappa shape index (κ2) is 8.14. The monoisotopic (exact) mass is 253 g/mol. The second-order valence-corrected chi connectivity index (χ2v) is 4.87. The molecular weight excluding hydrogens is 234 g/mol. The Labute approximate surface area is 107 Å². The third-order valence-corrected chi connectivity index (χ3v) is 3.37. The number of aryl methyl sites for hydroxylation is 1. The number of hydrogen-bond acceptors (Lipinski definition) is 3. The van der Waals surface area contributed by atoms with E-state index in [0.717, 1.165) is 11.5 Å². The number of methoxy groups -OCH3 is 1. The Morgan fingerprint density at radius 3 is 2.88 bits per heavy atom. The van der Waals surface area contributed by atoms with Crippen LogP contribution in [0.2, 0.25) is 0 Å². The Morgan fingerprint density at radius 2 is 2.18 bits per heavy atom. The van der Waals surface area contributed by atoms with E-state index in [1.54, 1.807) is 0 Å². The third kappa shape index (κ3) is 5.75. The summed E-state index contributed by atoms with van der Waals surface area (Å²) >= 11 is 1.83. The maximum Gasteiger partial charge on any atom is 0.246 e. The molecule has 4 heteroatoms. The first-order chi connectivity index (χ1) is 8.24. The van der Waals surface area contributed by atoms with E-state index in [0.29, 0.717) is 6.54 Å². The molecule has 1 rings (SSSR count). The minimum atomic E-state index is -0.0519. The van der Waals surface area contributed by atoms with Crippen LogP contribution in [0.4, 0.5) is 0 Å². The van der Waals surface area contributed by atoms with Gasteiger partial charge in [0.05, 0.1) is 0 Å². The number of ether oxygens (including phenoxy) is 1. The Bertz CT molecular complexity index is 355. The molecule has 0 unspecified atom stereocenters. The van der Waals surface area contributed by atoms with Gasteiger partial charge in [0, 0.05) is 25.2 Å². The topological polar surface area (TPSA) is 38.3 Å². The van der Waals surface area contributed by atoms with Crippen LogP contribution in [-0.4, -0.2) is 31.9 Å². The zero-order chi connectivity index (χ0) is 12.5. The summed E-state index contributed by atoms with van der Waals surface area (Å²) in [6.07, 6.45) is 0. The lowest BCUT2D eigenvalue weighted by Crippen LogP contribution is -2.29. The van der Waals surface area contributed by atoms with Gasteiger partial charge >= 0.3 is 0 Å². The molecule has 0 aliphatic heterocycles. The summed E-state index contributed by atoms with van der Waals surface area (Å²) in [5.74, 6) is 1.86. The minimum absolute atomic E-state index is 0.0519. The summed E-state index contributed by atoms with van der Waals surface area (Å²) in [6.45, 7) is 2.96. The molecular formula is C13H19NO2S. The molecule has 1 amide bonds. The number of amides is 1. The molecule has 94 valence electrons. The van der Waals surface area contributed by atoms with Gasteiger partial charge in [-0.3, -0.25) is 4.79 Å². The van der Waals surface area contributed by atoms with Crippen LogP contribution in [0, 0.1) is 6.92 Å². The van der Waals surface area contributed by atoms with Crippen LogP contribution in [0.15, 0.2) is 24.3 Å². The van der Waals surface area contributed by atoms with Gasteiger partial charge in [-0.2, -0.15) is 11.8 Å². The molecule has 1 aromatic carbocycles. The second-order valence-electron chi connectivity index (χ2n) is 3.76. The van der Waals surface area contributed by atoms with Crippen molar-refractivity contribution in [2.24, 2.45) is 0 Å². The summed E-state index contributed by atoms with van der Waals surface area (Å²) in [5, 5.41) is 2.80. The van der Waals surface area contributed by atoms with E-state index in [2.05, 4.69) is 36.5 Å². The predicted octanol–water partition coefficient (Wildman–Crippen LogP) is 1.99. The lowest BCUT2D eigenvalue weighted by Gasteiger charge is -2.06. The first-order valence-electron chi connectivity index (χ1n) is 5.62. The van der Waals surface area contributed by atoms with Gasteiger partial charge in [0.1, 0.15) is 6.61 Å². The minimum Gasteiger partial charge on any atom is -0.375 e. The number of carbonyl (C=O) groups is 1. The van der Waals surface area contributed by atoms with Crippen molar-refractivity contribution in [1.82, 2.24) is 5.32 Å². The van der Waals surface area contributed by atoms with E-state index >= 15 is 0 Å². The van der Waals surface area contributed by atoms with Gasteiger partial charge in [0.15, 0.2) is 0 Å². The van der Waals surface area contributed by atoms with Gasteiger partial charge in [-0.15, -0.1) is 0 Å². The average Bonchev–Trinajstić information content (AvgIpc) is 2.31. The molecule has 0 heterocycles. The molecule has 3 nitrogen and oxygen atoms in total. The number of carbonyl (C=O) groups excluding carboxylic acids is 1. The number of hydrogen-bond donors (Lipinski definition) is 1. The molecule has 0 radical (unpaired) electrons. The zero-order valence-corrected chi connectivity index (χ0v) is 11.2. The van der Waals surface area contributed by atoms with E-state index in [1.165, 1.54) is 18.2 Å². The summed E-state index contributed by atoms with van der Waals surface area (Å²) < 4.78 is 4.73. The fraction of sp³-hybridized carbons (Fsp3) is 0.462. The van der Waals surface area contributed by atoms with E-state index < -0.39 is 0 Å². The highest BCUT2D eigenvalue weighted by atomic mass is 32.2. The van der Waals surface area contributed by atoms with Crippen LogP contribution in [0.5, 0.6) is 0 Å². The highest BCUT2D eigenvalue weighted by Crippen LogP contribution is 2.15. The Hall–Kier alpha value is -1.00. The molecule has 0 fully saturated rings. The Morgan fingerprint density at radius 1 is 1.41 bits per heavy atom. The van der Waals surface area contributed by atoms with Crippen molar-refractivity contribution in [3.05, 3.63) is 35.4 Å². The number of nitrogens with one attached hydrogen (secondary N) is 1. The Balaban J connectivity index is 2.13. The van der Waals surface area contributed by atoms with E-state index in [-0.39, 0.29) is 12.5 Å². The third-order valence-electron chi connectivity index (χ3n) is 2.36. The van der Waals surface area contributed by atoms with Crippen molar-refractivity contribution in [1.29, 1.82) is 0 Å². The van der Waals surface area contributed by atoms with Gasteiger partial charge in [-0.05, 0) is 18.1 Å². The molecule has 0 aromatic heterocycles. The van der Waals surface area contributed by atoms with Crippen LogP contribution in [0.1, 0.15) is 11.1 Å². The smallest absolute Gasteiger partial charge is 0.246 e. The number of rotatable bonds is 7. The van der Waals surface area contributed by atoms with Crippen molar-refractivity contribution in [3.8, 4) is 0 Å². The van der Waals surface area contributed by atoms with Crippen molar-refractivity contribution >= 4 is 17.7 Å². The summed E-state index contributed by atoms with van der Waals surface area (Å²) in [5.41, 5.74) is 2.68. The van der Waals surface area contributed by atoms with E-state index in [9.17, 15) is 4.79 Å². The maximum atomic E-state index is 11.1. The molecule has 1 N–H and O–H groups in total. The fourth-order valence-corrected chi connectivity index (χ4v) is 2.33. The first-order valence-corrected chi connectivity index (χ1v) is 6.77. The normalized spacial score (nSPS) is 10.2. The lowest BCUT2D eigenvalue weighted by atomic mass is 10.1. The predicted molar refractivity (Wildman–Crippen MR) is 72.2 cm³/mol. The van der Waals surface area contributed by atoms with Gasteiger partial charge in [0.2, 0.25) is 5.91 Å². The van der Waals surface area contributed by atoms with E-state index in [4.69, 9.17) is 4.74 Å². The highest BCUT2D eigenvalue weighted by molar-refractivity contribution is 7.98. The quantitative estimate of drug-likeness (QED) is 0.755. The SMILES string of the molecule is COCC(=O)NCCSCc1ccccc1C. The number of benzene rings is 1. The van der Waals surface area contributed by atoms with Gasteiger partial charge in [-0.25, -0.2) is 0 Å². The molecule has 0 aliphatic carbocycles. The molecule has 0 aliphatic rings. The van der Waals surface area contributed by atoms with Crippen LogP contribution in [-0.2, 0) is 15.3 Å². The molecule has 1 aromatic rings. The van der Waals surface area contributed by atoms with Gasteiger partial charge < -0.3 is 10.1 Å². The summed E-state index contributed by atoms with van der Waals surface area (Å²) in [4.78, 5) is 11.1. The molecule has 0 bridgehead atoms. The van der Waals surface area contributed by atoms with Crippen molar-refractivity contribution in [2.75, 3.05) is 26.0 Å². The molecule has 0 spiro atoms. The van der Waals surface area contributed by atoms with Gasteiger partial charge in [0.25, 0.3) is 0 Å². The number of thioether (sulfide) groups is 1.